The number of ether oxygens (including phenoxy) is 1. The van der Waals surface area contributed by atoms with E-state index in [4.69, 9.17) is 9.72 Å². The van der Waals surface area contributed by atoms with Crippen LogP contribution in [0.2, 0.25) is 0 Å². The van der Waals surface area contributed by atoms with Crippen LogP contribution in [0.5, 0.6) is 0 Å². The van der Waals surface area contributed by atoms with Crippen molar-refractivity contribution in [2.45, 2.75) is 20.0 Å². The van der Waals surface area contributed by atoms with Crippen molar-refractivity contribution in [2.75, 3.05) is 29.9 Å². The van der Waals surface area contributed by atoms with Crippen molar-refractivity contribution in [1.82, 2.24) is 24.9 Å². The minimum atomic E-state index is -0.211. The van der Waals surface area contributed by atoms with Gasteiger partial charge in [-0.3, -0.25) is 4.79 Å². The largest absolute Gasteiger partial charge is 0.375 e. The molecule has 1 atom stereocenters. The fourth-order valence-electron chi connectivity index (χ4n) is 4.00. The van der Waals surface area contributed by atoms with E-state index in [9.17, 15) is 4.79 Å². The minimum Gasteiger partial charge on any atom is -0.375 e. The van der Waals surface area contributed by atoms with E-state index in [1.54, 1.807) is 24.8 Å². The van der Waals surface area contributed by atoms with Crippen LogP contribution in [0, 0.1) is 6.92 Å². The molecule has 4 aromatic heterocycles. The van der Waals surface area contributed by atoms with Crippen LogP contribution in [0.15, 0.2) is 54.1 Å². The highest BCUT2D eigenvalue weighted by molar-refractivity contribution is 5.95. The lowest BCUT2D eigenvalue weighted by Crippen LogP contribution is -2.41. The van der Waals surface area contributed by atoms with E-state index < -0.39 is 0 Å². The molecule has 162 valence electrons. The van der Waals surface area contributed by atoms with Gasteiger partial charge in [-0.2, -0.15) is 0 Å². The molecule has 32 heavy (non-hydrogen) atoms. The molecule has 0 radical (unpaired) electrons. The zero-order valence-corrected chi connectivity index (χ0v) is 17.9. The molecule has 0 unspecified atom stereocenters. The maximum atomic E-state index is 12.6. The highest BCUT2D eigenvalue weighted by Gasteiger charge is 2.20. The lowest BCUT2D eigenvalue weighted by molar-refractivity contribution is 0.0529. The molecule has 0 saturated carbocycles. The Morgan fingerprint density at radius 1 is 1.22 bits per heavy atom. The molecular formula is C23H23N7O2. The molecule has 1 fully saturated rings. The zero-order valence-electron chi connectivity index (χ0n) is 17.9. The number of fused-ring (bicyclic) bond motifs is 1. The predicted molar refractivity (Wildman–Crippen MR) is 123 cm³/mol. The number of rotatable bonds is 4. The van der Waals surface area contributed by atoms with Gasteiger partial charge in [-0.1, -0.05) is 0 Å². The third-order valence-corrected chi connectivity index (χ3v) is 5.46. The summed E-state index contributed by atoms with van der Waals surface area (Å²) in [4.78, 5) is 35.1. The van der Waals surface area contributed by atoms with E-state index in [1.807, 2.05) is 25.1 Å². The van der Waals surface area contributed by atoms with Crippen LogP contribution < -0.4 is 15.8 Å². The number of hydrogen-bond donors (Lipinski definition) is 2. The smallest absolute Gasteiger partial charge is 0.259 e. The summed E-state index contributed by atoms with van der Waals surface area (Å²) in [5, 5.41) is 4.56. The van der Waals surface area contributed by atoms with Crippen molar-refractivity contribution in [3.8, 4) is 11.3 Å². The number of nitrogens with zero attached hydrogens (tertiary/aromatic N) is 5. The number of nitrogens with one attached hydrogen (secondary N) is 2. The number of morpholine rings is 1. The average molecular weight is 429 g/mol. The van der Waals surface area contributed by atoms with Gasteiger partial charge in [0.2, 0.25) is 0 Å². The third kappa shape index (κ3) is 3.90. The summed E-state index contributed by atoms with van der Waals surface area (Å²) < 4.78 is 5.64. The summed E-state index contributed by atoms with van der Waals surface area (Å²) in [6, 6.07) is 5.73. The van der Waals surface area contributed by atoms with Crippen molar-refractivity contribution in [2.24, 2.45) is 0 Å². The summed E-state index contributed by atoms with van der Waals surface area (Å²) >= 11 is 0. The van der Waals surface area contributed by atoms with E-state index in [-0.39, 0.29) is 11.7 Å². The standard InChI is InChI=1S/C23H23N7O2/c1-14-7-18(11-27-22(14)30-5-6-32-15(2)12-30)28-21-20-16(3-4-26-23(20)31)8-19(29-21)17-9-24-13-25-10-17/h3-4,7-11,13,15H,5-6,12H2,1-2H3,(H,26,31)(H,28,29)/t15-/m1/s1. The molecule has 9 nitrogen and oxygen atoms in total. The van der Waals surface area contributed by atoms with Crippen LogP contribution in [-0.2, 0) is 4.74 Å². The molecule has 1 aliphatic heterocycles. The summed E-state index contributed by atoms with van der Waals surface area (Å²) in [5.41, 5.74) is 3.02. The molecule has 0 amide bonds. The second kappa shape index (κ2) is 8.35. The molecule has 5 heterocycles. The zero-order chi connectivity index (χ0) is 22.1. The van der Waals surface area contributed by atoms with Crippen LogP contribution in [0.1, 0.15) is 12.5 Å². The highest BCUT2D eigenvalue weighted by atomic mass is 16.5. The van der Waals surface area contributed by atoms with Crippen molar-refractivity contribution in [3.05, 3.63) is 65.2 Å². The molecule has 4 aromatic rings. The Hall–Kier alpha value is -3.85. The number of hydrogen-bond acceptors (Lipinski definition) is 8. The SMILES string of the molecule is Cc1cc(Nc2nc(-c3cncnc3)cc3cc[nH]c(=O)c23)cnc1N1CCO[C@H](C)C1. The molecule has 0 aromatic carbocycles. The second-order valence-corrected chi connectivity index (χ2v) is 7.87. The lowest BCUT2D eigenvalue weighted by Gasteiger charge is -2.33. The summed E-state index contributed by atoms with van der Waals surface area (Å²) in [7, 11) is 0. The minimum absolute atomic E-state index is 0.176. The first kappa shape index (κ1) is 20.1. The number of aromatic nitrogens is 5. The Morgan fingerprint density at radius 2 is 2.06 bits per heavy atom. The number of pyridine rings is 3. The third-order valence-electron chi connectivity index (χ3n) is 5.46. The van der Waals surface area contributed by atoms with E-state index in [0.29, 0.717) is 23.5 Å². The van der Waals surface area contributed by atoms with Gasteiger partial charge in [0.15, 0.2) is 0 Å². The van der Waals surface area contributed by atoms with Gasteiger partial charge >= 0.3 is 0 Å². The first-order valence-corrected chi connectivity index (χ1v) is 10.5. The summed E-state index contributed by atoms with van der Waals surface area (Å²) in [5.74, 6) is 1.40. The van der Waals surface area contributed by atoms with E-state index >= 15 is 0 Å². The molecule has 2 N–H and O–H groups in total. The molecule has 0 aliphatic carbocycles. The maximum absolute atomic E-state index is 12.6. The van der Waals surface area contributed by atoms with Crippen molar-refractivity contribution >= 4 is 28.1 Å². The van der Waals surface area contributed by atoms with E-state index in [1.165, 1.54) is 6.33 Å². The average Bonchev–Trinajstić information content (AvgIpc) is 2.79. The topological polar surface area (TPSA) is 109 Å². The number of aromatic amines is 1. The highest BCUT2D eigenvalue weighted by Crippen LogP contribution is 2.29. The summed E-state index contributed by atoms with van der Waals surface area (Å²) in [6.45, 7) is 6.41. The first-order valence-electron chi connectivity index (χ1n) is 10.5. The van der Waals surface area contributed by atoms with Gasteiger partial charge in [0.1, 0.15) is 18.0 Å². The van der Waals surface area contributed by atoms with Crippen molar-refractivity contribution < 1.29 is 4.74 Å². The first-order chi connectivity index (χ1) is 15.6. The number of anilines is 3. The maximum Gasteiger partial charge on any atom is 0.259 e. The Bertz CT molecular complexity index is 1320. The van der Waals surface area contributed by atoms with Gasteiger partial charge in [0, 0.05) is 37.2 Å². The van der Waals surface area contributed by atoms with Crippen LogP contribution >= 0.6 is 0 Å². The monoisotopic (exact) mass is 429 g/mol. The fraction of sp³-hybridized carbons (Fsp3) is 0.261. The van der Waals surface area contributed by atoms with Crippen LogP contribution in [0.25, 0.3) is 22.0 Å². The van der Waals surface area contributed by atoms with Crippen molar-refractivity contribution in [1.29, 1.82) is 0 Å². The van der Waals surface area contributed by atoms with E-state index in [2.05, 4.69) is 37.1 Å². The molecule has 0 spiro atoms. The lowest BCUT2D eigenvalue weighted by atomic mass is 10.1. The van der Waals surface area contributed by atoms with Gasteiger partial charge < -0.3 is 19.9 Å². The molecular weight excluding hydrogens is 406 g/mol. The van der Waals surface area contributed by atoms with Gasteiger partial charge in [-0.25, -0.2) is 19.9 Å². The second-order valence-electron chi connectivity index (χ2n) is 7.87. The Morgan fingerprint density at radius 3 is 2.84 bits per heavy atom. The van der Waals surface area contributed by atoms with Gasteiger partial charge in [0.05, 0.1) is 35.7 Å². The molecule has 5 rings (SSSR count). The molecule has 9 heteroatoms. The Balaban J connectivity index is 1.53. The van der Waals surface area contributed by atoms with Crippen LogP contribution in [0.3, 0.4) is 0 Å². The van der Waals surface area contributed by atoms with Crippen molar-refractivity contribution in [3.63, 3.8) is 0 Å². The normalized spacial score (nSPS) is 16.3. The number of H-pyrrole nitrogens is 1. The van der Waals surface area contributed by atoms with Gasteiger partial charge in [-0.15, -0.1) is 0 Å². The summed E-state index contributed by atoms with van der Waals surface area (Å²) in [6.07, 6.45) is 8.44. The molecule has 1 aliphatic rings. The quantitative estimate of drug-likeness (QED) is 0.510. The Kier molecular flexibility index (Phi) is 5.24. The number of aryl methyl sites for hydroxylation is 1. The van der Waals surface area contributed by atoms with Crippen LogP contribution in [0.4, 0.5) is 17.3 Å². The van der Waals surface area contributed by atoms with Crippen LogP contribution in [-0.4, -0.2) is 50.7 Å². The van der Waals surface area contributed by atoms with Gasteiger partial charge in [0.25, 0.3) is 5.56 Å². The fourth-order valence-corrected chi connectivity index (χ4v) is 4.00. The predicted octanol–water partition coefficient (Wildman–Crippen LogP) is 3.05. The van der Waals surface area contributed by atoms with E-state index in [0.717, 1.165) is 41.1 Å². The molecule has 0 bridgehead atoms. The molecule has 1 saturated heterocycles. The van der Waals surface area contributed by atoms with Gasteiger partial charge in [-0.05, 0) is 43.0 Å². The Labute approximate surface area is 184 Å².